The minimum absolute atomic E-state index is 0.613. The third kappa shape index (κ3) is 1.98. The summed E-state index contributed by atoms with van der Waals surface area (Å²) in [5, 5.41) is 3.26. The topological polar surface area (TPSA) is 76.7 Å². The Morgan fingerprint density at radius 2 is 2.17 bits per heavy atom. The van der Waals surface area contributed by atoms with Crippen molar-refractivity contribution in [1.29, 1.82) is 0 Å². The van der Waals surface area contributed by atoms with Crippen LogP contribution in [-0.4, -0.2) is 15.0 Å². The highest BCUT2D eigenvalue weighted by molar-refractivity contribution is 7.16. The number of nitrogens with zero attached hydrogens (tertiary/aromatic N) is 3. The lowest BCUT2D eigenvalue weighted by Gasteiger charge is -2.08. The number of benzene rings is 1. The van der Waals surface area contributed by atoms with E-state index in [1.54, 1.807) is 23.0 Å². The second kappa shape index (κ2) is 4.58. The molecule has 6 heteroatoms. The lowest BCUT2D eigenvalue weighted by molar-refractivity contribution is 1.01. The third-order valence-electron chi connectivity index (χ3n) is 2.64. The van der Waals surface area contributed by atoms with Crippen LogP contribution in [0.2, 0.25) is 0 Å². The highest BCUT2D eigenvalue weighted by Crippen LogP contribution is 2.30. The molecule has 0 unspecified atom stereocenters. The molecule has 3 rings (SSSR count). The molecule has 0 saturated heterocycles. The molecule has 2 aromatic heterocycles. The Balaban J connectivity index is 1.84. The van der Waals surface area contributed by atoms with E-state index < -0.39 is 0 Å². The van der Waals surface area contributed by atoms with Crippen molar-refractivity contribution in [3.63, 3.8) is 0 Å². The largest absolute Gasteiger partial charge is 0.395 e. The van der Waals surface area contributed by atoms with Gasteiger partial charge in [0.05, 0.1) is 33.8 Å². The zero-order chi connectivity index (χ0) is 12.4. The van der Waals surface area contributed by atoms with Crippen molar-refractivity contribution in [3.8, 4) is 0 Å². The minimum atomic E-state index is 0.613. The maximum absolute atomic E-state index is 6.08. The van der Waals surface area contributed by atoms with Crippen LogP contribution in [0.1, 0.15) is 5.69 Å². The maximum atomic E-state index is 6.08. The van der Waals surface area contributed by atoms with Crippen LogP contribution < -0.4 is 11.1 Å². The van der Waals surface area contributed by atoms with E-state index in [0.717, 1.165) is 21.6 Å². The van der Waals surface area contributed by atoms with Gasteiger partial charge in [0.1, 0.15) is 11.8 Å². The molecule has 18 heavy (non-hydrogen) atoms. The van der Waals surface area contributed by atoms with E-state index >= 15 is 0 Å². The van der Waals surface area contributed by atoms with Crippen LogP contribution in [0, 0.1) is 0 Å². The van der Waals surface area contributed by atoms with Gasteiger partial charge in [-0.1, -0.05) is 0 Å². The summed E-state index contributed by atoms with van der Waals surface area (Å²) in [6.07, 6.45) is 3.25. The first kappa shape index (κ1) is 10.9. The fourth-order valence-corrected chi connectivity index (χ4v) is 2.41. The molecular weight excluding hydrogens is 246 g/mol. The lowest BCUT2D eigenvalue weighted by atomic mass is 10.2. The SMILES string of the molecule is Nc1c(NCc2ccncn2)ccc2scnc12. The van der Waals surface area contributed by atoms with Gasteiger partial charge in [-0.15, -0.1) is 11.3 Å². The normalized spacial score (nSPS) is 10.7. The molecule has 0 aliphatic heterocycles. The number of hydrogen-bond donors (Lipinski definition) is 2. The number of nitrogens with two attached hydrogens (primary N) is 1. The summed E-state index contributed by atoms with van der Waals surface area (Å²) < 4.78 is 1.10. The molecule has 5 nitrogen and oxygen atoms in total. The number of rotatable bonds is 3. The summed E-state index contributed by atoms with van der Waals surface area (Å²) in [4.78, 5) is 12.3. The predicted molar refractivity (Wildman–Crippen MR) is 73.4 cm³/mol. The highest BCUT2D eigenvalue weighted by atomic mass is 32.1. The van der Waals surface area contributed by atoms with E-state index in [2.05, 4.69) is 20.3 Å². The first-order chi connectivity index (χ1) is 8.84. The van der Waals surface area contributed by atoms with Crippen LogP contribution in [0.3, 0.4) is 0 Å². The molecular formula is C12H11N5S. The van der Waals surface area contributed by atoms with E-state index in [1.807, 2.05) is 18.2 Å². The molecule has 90 valence electrons. The summed E-state index contributed by atoms with van der Waals surface area (Å²) in [5.74, 6) is 0. The summed E-state index contributed by atoms with van der Waals surface area (Å²) >= 11 is 1.59. The van der Waals surface area contributed by atoms with Gasteiger partial charge in [-0.05, 0) is 18.2 Å². The molecule has 0 fully saturated rings. The second-order valence-corrected chi connectivity index (χ2v) is 4.67. The molecule has 0 bridgehead atoms. The highest BCUT2D eigenvalue weighted by Gasteiger charge is 2.06. The summed E-state index contributed by atoms with van der Waals surface area (Å²) in [6.45, 7) is 0.613. The molecule has 2 heterocycles. The molecule has 0 amide bonds. The number of nitrogens with one attached hydrogen (secondary N) is 1. The standard InChI is InChI=1S/C12H11N5S/c13-11-9(1-2-10-12(11)17-7-18-10)15-5-8-3-4-14-6-16-8/h1-4,6-7,15H,5,13H2. The number of fused-ring (bicyclic) bond motifs is 1. The average molecular weight is 257 g/mol. The van der Waals surface area contributed by atoms with Crippen molar-refractivity contribution in [2.45, 2.75) is 6.54 Å². The quantitative estimate of drug-likeness (QED) is 0.704. The Morgan fingerprint density at radius 3 is 3.00 bits per heavy atom. The van der Waals surface area contributed by atoms with Gasteiger partial charge >= 0.3 is 0 Å². The van der Waals surface area contributed by atoms with Crippen molar-refractivity contribution in [3.05, 3.63) is 41.9 Å². The molecule has 3 N–H and O–H groups in total. The lowest BCUT2D eigenvalue weighted by Crippen LogP contribution is -2.04. The maximum Gasteiger partial charge on any atom is 0.115 e. The molecule has 0 saturated carbocycles. The smallest absolute Gasteiger partial charge is 0.115 e. The van der Waals surface area contributed by atoms with Crippen molar-refractivity contribution in [2.24, 2.45) is 0 Å². The van der Waals surface area contributed by atoms with Crippen molar-refractivity contribution < 1.29 is 0 Å². The van der Waals surface area contributed by atoms with Crippen LogP contribution >= 0.6 is 11.3 Å². The van der Waals surface area contributed by atoms with E-state index in [4.69, 9.17) is 5.73 Å². The monoisotopic (exact) mass is 257 g/mol. The summed E-state index contributed by atoms with van der Waals surface area (Å²) in [5.41, 5.74) is 11.2. The number of nitrogen functional groups attached to an aromatic ring is 1. The van der Waals surface area contributed by atoms with Gasteiger partial charge in [-0.2, -0.15) is 0 Å². The molecule has 0 atom stereocenters. The Bertz CT molecular complexity index is 665. The number of aromatic nitrogens is 3. The van der Waals surface area contributed by atoms with Crippen LogP contribution in [0.15, 0.2) is 36.2 Å². The van der Waals surface area contributed by atoms with Gasteiger partial charge in [0.25, 0.3) is 0 Å². The fraction of sp³-hybridized carbons (Fsp3) is 0.0833. The van der Waals surface area contributed by atoms with Gasteiger partial charge < -0.3 is 11.1 Å². The van der Waals surface area contributed by atoms with E-state index in [0.29, 0.717) is 12.2 Å². The molecule has 3 aromatic rings. The van der Waals surface area contributed by atoms with E-state index in [1.165, 1.54) is 6.33 Å². The third-order valence-corrected chi connectivity index (χ3v) is 3.44. The van der Waals surface area contributed by atoms with Crippen LogP contribution in [0.5, 0.6) is 0 Å². The van der Waals surface area contributed by atoms with Gasteiger partial charge in [0, 0.05) is 6.20 Å². The fourth-order valence-electron chi connectivity index (χ4n) is 1.71. The molecule has 0 aliphatic carbocycles. The zero-order valence-electron chi connectivity index (χ0n) is 9.50. The van der Waals surface area contributed by atoms with Crippen LogP contribution in [0.4, 0.5) is 11.4 Å². The Morgan fingerprint density at radius 1 is 1.22 bits per heavy atom. The molecule has 0 spiro atoms. The van der Waals surface area contributed by atoms with Gasteiger partial charge in [0.2, 0.25) is 0 Å². The van der Waals surface area contributed by atoms with E-state index in [9.17, 15) is 0 Å². The van der Waals surface area contributed by atoms with Crippen molar-refractivity contribution in [2.75, 3.05) is 11.1 Å². The Kier molecular flexibility index (Phi) is 2.77. The average Bonchev–Trinajstić information content (AvgIpc) is 2.88. The number of hydrogen-bond acceptors (Lipinski definition) is 6. The van der Waals surface area contributed by atoms with Crippen LogP contribution in [0.25, 0.3) is 10.2 Å². The van der Waals surface area contributed by atoms with Crippen molar-refractivity contribution >= 4 is 32.9 Å². The molecule has 1 aromatic carbocycles. The summed E-state index contributed by atoms with van der Waals surface area (Å²) in [7, 11) is 0. The summed E-state index contributed by atoms with van der Waals surface area (Å²) in [6, 6.07) is 5.85. The minimum Gasteiger partial charge on any atom is -0.395 e. The number of anilines is 2. The van der Waals surface area contributed by atoms with Gasteiger partial charge in [-0.3, -0.25) is 0 Å². The number of thiazole rings is 1. The van der Waals surface area contributed by atoms with Crippen LogP contribution in [-0.2, 0) is 6.54 Å². The predicted octanol–water partition coefficient (Wildman–Crippen LogP) is 2.28. The zero-order valence-corrected chi connectivity index (χ0v) is 10.3. The Hall–Kier alpha value is -2.21. The molecule has 0 aliphatic rings. The first-order valence-electron chi connectivity index (χ1n) is 5.45. The first-order valence-corrected chi connectivity index (χ1v) is 6.33. The molecule has 0 radical (unpaired) electrons. The van der Waals surface area contributed by atoms with Crippen molar-refractivity contribution in [1.82, 2.24) is 15.0 Å². The van der Waals surface area contributed by atoms with Gasteiger partial charge in [0.15, 0.2) is 0 Å². The van der Waals surface area contributed by atoms with Gasteiger partial charge in [-0.25, -0.2) is 15.0 Å². The van der Waals surface area contributed by atoms with E-state index in [-0.39, 0.29) is 0 Å². The Labute approximate surface area is 108 Å². The second-order valence-electron chi connectivity index (χ2n) is 3.78.